The number of carbonyl (C=O) groups is 2. The van der Waals surface area contributed by atoms with Gasteiger partial charge in [0, 0.05) is 11.1 Å². The first kappa shape index (κ1) is 30.4. The number of methoxy groups -OCH3 is 2. The molecule has 232 valence electrons. The summed E-state index contributed by atoms with van der Waals surface area (Å²) in [5, 5.41) is 22.0. The van der Waals surface area contributed by atoms with Crippen molar-refractivity contribution in [3.63, 3.8) is 0 Å². The van der Waals surface area contributed by atoms with Gasteiger partial charge < -0.3 is 29.2 Å². The van der Waals surface area contributed by atoms with Gasteiger partial charge in [-0.15, -0.1) is 0 Å². The quantitative estimate of drug-likeness (QED) is 0.170. The van der Waals surface area contributed by atoms with Crippen LogP contribution in [-0.2, 0) is 16.1 Å². The number of fused-ring (bicyclic) bond motifs is 1. The summed E-state index contributed by atoms with van der Waals surface area (Å²) in [4.78, 5) is 26.0. The molecule has 0 aromatic heterocycles. The molecule has 0 fully saturated rings. The van der Waals surface area contributed by atoms with E-state index in [-0.39, 0.29) is 17.7 Å². The van der Waals surface area contributed by atoms with Gasteiger partial charge in [-0.1, -0.05) is 72.8 Å². The van der Waals surface area contributed by atoms with Crippen molar-refractivity contribution in [2.24, 2.45) is 0 Å². The highest BCUT2D eigenvalue weighted by molar-refractivity contribution is 5.97. The molecule has 0 bridgehead atoms. The molecule has 0 amide bonds. The van der Waals surface area contributed by atoms with E-state index in [1.807, 2.05) is 97.9 Å². The second kappa shape index (κ2) is 12.4. The Balaban J connectivity index is 1.57. The highest BCUT2D eigenvalue weighted by Crippen LogP contribution is 2.48. The topological polar surface area (TPSA) is 112 Å². The molecule has 6 rings (SSSR count). The Hall–Kier alpha value is -5.60. The van der Waals surface area contributed by atoms with Crippen molar-refractivity contribution in [2.75, 3.05) is 14.2 Å². The lowest BCUT2D eigenvalue weighted by Gasteiger charge is -2.37. The number of carboxylic acids is 1. The summed E-state index contributed by atoms with van der Waals surface area (Å²) in [6.45, 7) is 2.22. The van der Waals surface area contributed by atoms with Crippen LogP contribution in [0.25, 0.3) is 22.3 Å². The van der Waals surface area contributed by atoms with Crippen LogP contribution < -0.4 is 14.2 Å². The lowest BCUT2D eigenvalue weighted by molar-refractivity contribution is -0.211. The van der Waals surface area contributed by atoms with Gasteiger partial charge in [0.2, 0.25) is 0 Å². The van der Waals surface area contributed by atoms with Crippen LogP contribution >= 0.6 is 0 Å². The highest BCUT2D eigenvalue weighted by atomic mass is 16.7. The van der Waals surface area contributed by atoms with Crippen molar-refractivity contribution in [3.8, 4) is 39.5 Å². The van der Waals surface area contributed by atoms with Gasteiger partial charge in [-0.25, -0.2) is 9.59 Å². The molecular weight excluding hydrogens is 584 g/mol. The third-order valence-electron chi connectivity index (χ3n) is 8.31. The number of cyclic esters (lactones) is 1. The fourth-order valence-corrected chi connectivity index (χ4v) is 6.03. The third-order valence-corrected chi connectivity index (χ3v) is 8.31. The second-order valence-electron chi connectivity index (χ2n) is 11.0. The van der Waals surface area contributed by atoms with E-state index in [0.717, 1.165) is 33.4 Å². The fraction of sp³-hybridized carbons (Fsp3) is 0.158. The second-order valence-corrected chi connectivity index (χ2v) is 11.0. The van der Waals surface area contributed by atoms with E-state index in [1.54, 1.807) is 26.4 Å². The van der Waals surface area contributed by atoms with Crippen molar-refractivity contribution in [3.05, 3.63) is 137 Å². The lowest BCUT2D eigenvalue weighted by Crippen LogP contribution is -2.52. The number of para-hydroxylation sites is 2. The van der Waals surface area contributed by atoms with Gasteiger partial charge in [0.1, 0.15) is 23.9 Å². The van der Waals surface area contributed by atoms with Crippen LogP contribution in [0.4, 0.5) is 0 Å². The standard InChI is InChI=1S/C38H32O8/c1-23-30(27-13-7-9-15-33(27)43-2)19-25(20-31(23)28-14-8-10-16-34(28)44-3)35-29-18-17-26(45-22-24-11-5-4-6-12-24)21-32(29)36(39)46-38(35,42)37(40)41/h4-21,35,42H,22H2,1-3H3,(H,40,41). The number of carbonyl (C=O) groups excluding carboxylic acids is 1. The Morgan fingerprint density at radius 2 is 1.33 bits per heavy atom. The molecule has 8 heteroatoms. The zero-order valence-electron chi connectivity index (χ0n) is 25.5. The van der Waals surface area contributed by atoms with Gasteiger partial charge in [0.25, 0.3) is 0 Å². The maximum Gasteiger partial charge on any atom is 0.378 e. The summed E-state index contributed by atoms with van der Waals surface area (Å²) in [6.07, 6.45) is 0. The minimum Gasteiger partial charge on any atom is -0.496 e. The zero-order valence-corrected chi connectivity index (χ0v) is 25.5. The molecule has 1 heterocycles. The molecule has 8 nitrogen and oxygen atoms in total. The summed E-state index contributed by atoms with van der Waals surface area (Å²) >= 11 is 0. The van der Waals surface area contributed by atoms with Crippen LogP contribution in [0, 0.1) is 6.92 Å². The number of aliphatic hydroxyl groups is 1. The summed E-state index contributed by atoms with van der Waals surface area (Å²) in [5.41, 5.74) is 5.60. The molecule has 0 aliphatic carbocycles. The lowest BCUT2D eigenvalue weighted by atomic mass is 9.77. The molecule has 5 aromatic rings. The molecule has 0 saturated heterocycles. The van der Waals surface area contributed by atoms with Crippen LogP contribution in [0.5, 0.6) is 17.2 Å². The van der Waals surface area contributed by atoms with Crippen molar-refractivity contribution < 1.29 is 38.7 Å². The van der Waals surface area contributed by atoms with Crippen LogP contribution in [0.3, 0.4) is 0 Å². The van der Waals surface area contributed by atoms with Crippen LogP contribution in [0.2, 0.25) is 0 Å². The van der Waals surface area contributed by atoms with Gasteiger partial charge in [-0.05, 0) is 76.7 Å². The zero-order chi connectivity index (χ0) is 32.4. The first-order valence-electron chi connectivity index (χ1n) is 14.7. The monoisotopic (exact) mass is 616 g/mol. The van der Waals surface area contributed by atoms with Crippen molar-refractivity contribution in [1.82, 2.24) is 0 Å². The average Bonchev–Trinajstić information content (AvgIpc) is 3.08. The Labute approximate surface area is 266 Å². The largest absolute Gasteiger partial charge is 0.496 e. The van der Waals surface area contributed by atoms with E-state index in [0.29, 0.717) is 22.8 Å². The smallest absolute Gasteiger partial charge is 0.378 e. The molecular formula is C38H32O8. The first-order chi connectivity index (χ1) is 22.2. The van der Waals surface area contributed by atoms with Gasteiger partial charge in [-0.2, -0.15) is 0 Å². The minimum absolute atomic E-state index is 0.0970. The van der Waals surface area contributed by atoms with Crippen LogP contribution in [-0.4, -0.2) is 42.2 Å². The first-order valence-corrected chi connectivity index (χ1v) is 14.7. The number of rotatable bonds is 9. The van der Waals surface area contributed by atoms with E-state index in [1.165, 1.54) is 6.07 Å². The molecule has 0 radical (unpaired) electrons. The summed E-state index contributed by atoms with van der Waals surface area (Å²) in [6, 6.07) is 33.0. The van der Waals surface area contributed by atoms with E-state index in [4.69, 9.17) is 18.9 Å². The Kier molecular flexibility index (Phi) is 8.21. The van der Waals surface area contributed by atoms with E-state index < -0.39 is 23.6 Å². The Bertz CT molecular complexity index is 1860. The van der Waals surface area contributed by atoms with Crippen LogP contribution in [0.15, 0.2) is 109 Å². The third kappa shape index (κ3) is 5.44. The minimum atomic E-state index is -2.90. The average molecular weight is 617 g/mol. The van der Waals surface area contributed by atoms with E-state index >= 15 is 0 Å². The van der Waals surface area contributed by atoms with Gasteiger partial charge in [0.05, 0.1) is 25.7 Å². The predicted octanol–water partition coefficient (Wildman–Crippen LogP) is 7.00. The maximum atomic E-state index is 13.3. The number of esters is 1. The van der Waals surface area contributed by atoms with Crippen LogP contribution in [0.1, 0.15) is 38.5 Å². The highest BCUT2D eigenvalue weighted by Gasteiger charge is 2.54. The van der Waals surface area contributed by atoms with E-state index in [9.17, 15) is 19.8 Å². The number of aliphatic carboxylic acids is 1. The van der Waals surface area contributed by atoms with Crippen molar-refractivity contribution >= 4 is 11.9 Å². The fourth-order valence-electron chi connectivity index (χ4n) is 6.03. The summed E-state index contributed by atoms with van der Waals surface area (Å²) < 4.78 is 22.7. The Morgan fingerprint density at radius 3 is 1.89 bits per heavy atom. The molecule has 1 aliphatic rings. The number of carboxylic acid groups (broad SMARTS) is 1. The number of ether oxygens (including phenoxy) is 4. The Morgan fingerprint density at radius 1 is 0.761 bits per heavy atom. The van der Waals surface area contributed by atoms with Crippen molar-refractivity contribution in [2.45, 2.75) is 25.2 Å². The molecule has 2 N–H and O–H groups in total. The van der Waals surface area contributed by atoms with Crippen molar-refractivity contribution in [1.29, 1.82) is 0 Å². The SMILES string of the molecule is COc1ccccc1-c1cc(C2c3ccc(OCc4ccccc4)cc3C(=O)OC2(O)C(=O)O)cc(-c2ccccc2OC)c1C. The maximum absolute atomic E-state index is 13.3. The number of hydrogen-bond acceptors (Lipinski definition) is 7. The molecule has 46 heavy (non-hydrogen) atoms. The number of benzene rings is 5. The number of hydrogen-bond donors (Lipinski definition) is 2. The normalized spacial score (nSPS) is 17.0. The molecule has 2 atom stereocenters. The molecule has 0 spiro atoms. The van der Waals surface area contributed by atoms with Gasteiger partial charge in [0.15, 0.2) is 0 Å². The summed E-state index contributed by atoms with van der Waals surface area (Å²) in [5.74, 6) is -5.25. The van der Waals surface area contributed by atoms with Gasteiger partial charge in [-0.3, -0.25) is 0 Å². The predicted molar refractivity (Wildman–Crippen MR) is 172 cm³/mol. The molecule has 2 unspecified atom stereocenters. The summed E-state index contributed by atoms with van der Waals surface area (Å²) in [7, 11) is 3.16. The molecule has 5 aromatic carbocycles. The molecule has 1 aliphatic heterocycles. The molecule has 0 saturated carbocycles. The van der Waals surface area contributed by atoms with E-state index in [2.05, 4.69) is 0 Å². The van der Waals surface area contributed by atoms with Gasteiger partial charge >= 0.3 is 17.7 Å².